The molecule has 1 aliphatic rings. The van der Waals surface area contributed by atoms with Crippen LogP contribution in [-0.4, -0.2) is 35.6 Å². The molecule has 1 rings (SSSR count). The highest BCUT2D eigenvalue weighted by Crippen LogP contribution is 2.30. The van der Waals surface area contributed by atoms with Crippen LogP contribution in [0.3, 0.4) is 0 Å². The van der Waals surface area contributed by atoms with E-state index in [0.29, 0.717) is 12.8 Å². The Balaban J connectivity index is 2.44. The van der Waals surface area contributed by atoms with E-state index in [1.54, 1.807) is 0 Å². The molecule has 3 heteroatoms. The van der Waals surface area contributed by atoms with Crippen molar-refractivity contribution in [3.63, 3.8) is 0 Å². The summed E-state index contributed by atoms with van der Waals surface area (Å²) in [5.41, 5.74) is -0.881. The van der Waals surface area contributed by atoms with Gasteiger partial charge in [0.1, 0.15) is 6.10 Å². The molecule has 0 heterocycles. The molecule has 1 atom stereocenters. The molecule has 0 saturated heterocycles. The van der Waals surface area contributed by atoms with Crippen molar-refractivity contribution < 1.29 is 14.9 Å². The maximum absolute atomic E-state index is 9.94. The summed E-state index contributed by atoms with van der Waals surface area (Å²) in [6, 6.07) is 0. The van der Waals surface area contributed by atoms with Gasteiger partial charge in [0.15, 0.2) is 0 Å². The average molecular weight is 174 g/mol. The van der Waals surface area contributed by atoms with E-state index in [0.717, 1.165) is 12.8 Å². The average Bonchev–Trinajstić information content (AvgIpc) is 2.06. The smallest absolute Gasteiger partial charge is 0.106 e. The van der Waals surface area contributed by atoms with Crippen molar-refractivity contribution >= 4 is 0 Å². The fourth-order valence-corrected chi connectivity index (χ4v) is 1.81. The van der Waals surface area contributed by atoms with Crippen molar-refractivity contribution in [3.8, 4) is 0 Å². The van der Waals surface area contributed by atoms with E-state index < -0.39 is 11.7 Å². The molecular weight excluding hydrogens is 156 g/mol. The summed E-state index contributed by atoms with van der Waals surface area (Å²) < 4.78 is 4.81. The van der Waals surface area contributed by atoms with Crippen LogP contribution < -0.4 is 0 Å². The highest BCUT2D eigenvalue weighted by atomic mass is 16.5. The second-order valence-electron chi connectivity index (χ2n) is 3.64. The van der Waals surface area contributed by atoms with Crippen LogP contribution in [0.15, 0.2) is 0 Å². The molecule has 0 aromatic heterocycles. The third kappa shape index (κ3) is 2.19. The predicted octanol–water partition coefficient (Wildman–Crippen LogP) is 0.689. The van der Waals surface area contributed by atoms with Crippen molar-refractivity contribution in [2.24, 2.45) is 0 Å². The van der Waals surface area contributed by atoms with E-state index in [-0.39, 0.29) is 6.61 Å². The molecule has 0 radical (unpaired) electrons. The van der Waals surface area contributed by atoms with Crippen molar-refractivity contribution in [2.75, 3.05) is 13.7 Å². The van der Waals surface area contributed by atoms with Gasteiger partial charge in [-0.3, -0.25) is 0 Å². The summed E-state index contributed by atoms with van der Waals surface area (Å²) in [6.07, 6.45) is 3.88. The first-order valence-electron chi connectivity index (χ1n) is 4.58. The zero-order chi connectivity index (χ0) is 9.03. The van der Waals surface area contributed by atoms with E-state index >= 15 is 0 Å². The predicted molar refractivity (Wildman–Crippen MR) is 45.9 cm³/mol. The second kappa shape index (κ2) is 4.21. The number of hydrogen-bond acceptors (Lipinski definition) is 3. The van der Waals surface area contributed by atoms with Gasteiger partial charge in [0.25, 0.3) is 0 Å². The van der Waals surface area contributed by atoms with Crippen molar-refractivity contribution in [1.29, 1.82) is 0 Å². The van der Waals surface area contributed by atoms with Crippen molar-refractivity contribution in [2.45, 2.75) is 43.8 Å². The second-order valence-corrected chi connectivity index (χ2v) is 3.64. The van der Waals surface area contributed by atoms with Crippen LogP contribution in [0, 0.1) is 0 Å². The molecule has 0 bridgehead atoms. The van der Waals surface area contributed by atoms with E-state index in [1.165, 1.54) is 13.5 Å². The van der Waals surface area contributed by atoms with Gasteiger partial charge in [0.05, 0.1) is 12.2 Å². The Kier molecular flexibility index (Phi) is 3.50. The Labute approximate surface area is 73.4 Å². The van der Waals surface area contributed by atoms with Gasteiger partial charge in [0.2, 0.25) is 0 Å². The minimum absolute atomic E-state index is 0.233. The fourth-order valence-electron chi connectivity index (χ4n) is 1.81. The Bertz CT molecular complexity index is 130. The Morgan fingerprint density at radius 1 is 1.33 bits per heavy atom. The number of methoxy groups -OCH3 is 1. The number of hydrogen-bond donors (Lipinski definition) is 2. The van der Waals surface area contributed by atoms with Crippen molar-refractivity contribution in [1.82, 2.24) is 0 Å². The lowest BCUT2D eigenvalue weighted by molar-refractivity contribution is -0.118. The summed E-state index contributed by atoms with van der Waals surface area (Å²) in [4.78, 5) is 0. The molecule has 2 N–H and O–H groups in total. The molecular formula is C9H18O3. The summed E-state index contributed by atoms with van der Waals surface area (Å²) >= 11 is 0. The standard InChI is InChI=1S/C9H18O3/c1-12-7-8(10)9(11)5-3-2-4-6-9/h8,10-11H,2-7H2,1H3. The summed E-state index contributed by atoms with van der Waals surface area (Å²) in [7, 11) is 1.54. The molecule has 0 amide bonds. The normalized spacial score (nSPS) is 25.2. The zero-order valence-corrected chi connectivity index (χ0v) is 7.62. The van der Waals surface area contributed by atoms with Crippen LogP contribution >= 0.6 is 0 Å². The largest absolute Gasteiger partial charge is 0.388 e. The Morgan fingerprint density at radius 2 is 1.92 bits per heavy atom. The number of rotatable bonds is 3. The van der Waals surface area contributed by atoms with Crippen LogP contribution in [-0.2, 0) is 4.74 Å². The van der Waals surface area contributed by atoms with Crippen LogP contribution in [0.2, 0.25) is 0 Å². The highest BCUT2D eigenvalue weighted by Gasteiger charge is 2.36. The highest BCUT2D eigenvalue weighted by molar-refractivity contribution is 4.88. The lowest BCUT2D eigenvalue weighted by atomic mass is 9.81. The molecule has 3 nitrogen and oxygen atoms in total. The Hall–Kier alpha value is -0.120. The SMILES string of the molecule is COCC(O)C1(O)CCCCC1. The van der Waals surface area contributed by atoms with Crippen LogP contribution in [0.4, 0.5) is 0 Å². The lowest BCUT2D eigenvalue weighted by Gasteiger charge is -2.35. The molecule has 72 valence electrons. The third-order valence-electron chi connectivity index (χ3n) is 2.66. The van der Waals surface area contributed by atoms with Gasteiger partial charge in [-0.1, -0.05) is 19.3 Å². The van der Waals surface area contributed by atoms with Gasteiger partial charge in [-0.25, -0.2) is 0 Å². The molecule has 0 aromatic carbocycles. The fraction of sp³-hybridized carbons (Fsp3) is 1.00. The molecule has 1 fully saturated rings. The molecule has 1 aliphatic carbocycles. The van der Waals surface area contributed by atoms with E-state index in [9.17, 15) is 10.2 Å². The minimum atomic E-state index is -0.881. The van der Waals surface area contributed by atoms with Crippen LogP contribution in [0.1, 0.15) is 32.1 Å². The van der Waals surface area contributed by atoms with E-state index in [2.05, 4.69) is 0 Å². The maximum Gasteiger partial charge on any atom is 0.106 e. The molecule has 0 aromatic rings. The minimum Gasteiger partial charge on any atom is -0.388 e. The molecule has 0 aliphatic heterocycles. The topological polar surface area (TPSA) is 49.7 Å². The van der Waals surface area contributed by atoms with E-state index in [4.69, 9.17) is 4.74 Å². The first-order valence-corrected chi connectivity index (χ1v) is 4.58. The summed E-state index contributed by atoms with van der Waals surface area (Å²) in [6.45, 7) is 0.233. The van der Waals surface area contributed by atoms with Crippen LogP contribution in [0.25, 0.3) is 0 Å². The first kappa shape index (κ1) is 9.96. The zero-order valence-electron chi connectivity index (χ0n) is 7.62. The van der Waals surface area contributed by atoms with Crippen LogP contribution in [0.5, 0.6) is 0 Å². The number of ether oxygens (including phenoxy) is 1. The van der Waals surface area contributed by atoms with Gasteiger partial charge in [-0.2, -0.15) is 0 Å². The monoisotopic (exact) mass is 174 g/mol. The molecule has 0 spiro atoms. The lowest BCUT2D eigenvalue weighted by Crippen LogP contribution is -2.46. The summed E-state index contributed by atoms with van der Waals surface area (Å²) in [5, 5.41) is 19.5. The quantitative estimate of drug-likeness (QED) is 0.661. The summed E-state index contributed by atoms with van der Waals surface area (Å²) in [5.74, 6) is 0. The third-order valence-corrected chi connectivity index (χ3v) is 2.66. The van der Waals surface area contributed by atoms with E-state index in [1.807, 2.05) is 0 Å². The maximum atomic E-state index is 9.94. The molecule has 12 heavy (non-hydrogen) atoms. The Morgan fingerprint density at radius 3 is 2.42 bits per heavy atom. The van der Waals surface area contributed by atoms with Gasteiger partial charge < -0.3 is 14.9 Å². The number of aliphatic hydroxyl groups excluding tert-OH is 1. The van der Waals surface area contributed by atoms with Gasteiger partial charge in [-0.05, 0) is 12.8 Å². The van der Waals surface area contributed by atoms with Gasteiger partial charge in [0, 0.05) is 7.11 Å². The van der Waals surface area contributed by atoms with Gasteiger partial charge in [-0.15, -0.1) is 0 Å². The molecule has 1 unspecified atom stereocenters. The first-order chi connectivity index (χ1) is 5.69. The number of aliphatic hydroxyl groups is 2. The van der Waals surface area contributed by atoms with Gasteiger partial charge >= 0.3 is 0 Å². The van der Waals surface area contributed by atoms with Crippen molar-refractivity contribution in [3.05, 3.63) is 0 Å². The molecule has 1 saturated carbocycles.